The number of rotatable bonds is 3. The summed E-state index contributed by atoms with van der Waals surface area (Å²) in [5.41, 5.74) is 22.3. The van der Waals surface area contributed by atoms with Crippen molar-refractivity contribution in [2.75, 3.05) is 4.90 Å². The smallest absolute Gasteiger partial charge is 0.0733 e. The molecule has 1 aromatic heterocycles. The summed E-state index contributed by atoms with van der Waals surface area (Å²) in [5.74, 6) is 0. The molecule has 1 spiro atoms. The maximum atomic E-state index is 2.54. The second-order valence-electron chi connectivity index (χ2n) is 19.7. The summed E-state index contributed by atoms with van der Waals surface area (Å²) in [6, 6.07) is 58.7. The third-order valence-electron chi connectivity index (χ3n) is 14.4. The van der Waals surface area contributed by atoms with E-state index in [2.05, 4.69) is 210 Å². The number of hydrogen-bond donors (Lipinski definition) is 0. The highest BCUT2D eigenvalue weighted by atomic mass is 15.2. The predicted octanol–water partition coefficient (Wildman–Crippen LogP) is 15.0. The minimum Gasteiger partial charge on any atom is -0.341 e. The van der Waals surface area contributed by atoms with Gasteiger partial charge in [0.1, 0.15) is 0 Å². The molecular weight excluding hydrogens is 725 g/mol. The molecule has 1 heterocycles. The van der Waals surface area contributed by atoms with Crippen LogP contribution in [0.3, 0.4) is 0 Å². The number of para-hydroxylation sites is 1. The Labute approximate surface area is 353 Å². The van der Waals surface area contributed by atoms with Gasteiger partial charge >= 0.3 is 0 Å². The van der Waals surface area contributed by atoms with Crippen molar-refractivity contribution in [3.63, 3.8) is 0 Å². The zero-order chi connectivity index (χ0) is 40.9. The standard InChI is InChI=1S/C58H50N2/c1-56(2,3)37-23-27-39(28-24-37)60(40-29-25-38(26-30-40)57(4,5)6)50-18-12-15-43-44-32-34-49-53(55(44)59(7)54(43)50)45-31-21-35-19-20-36-22-33-48(52(45)51(35)36)58(49)46-16-10-8-13-41(46)42-14-9-11-17-47(42)58/h8-18,21-34H,19-20H2,1-7H3. The molecule has 3 aliphatic rings. The number of aromatic nitrogens is 1. The molecule has 60 heavy (non-hydrogen) atoms. The van der Waals surface area contributed by atoms with Gasteiger partial charge in [-0.05, 0) is 126 Å². The summed E-state index contributed by atoms with van der Waals surface area (Å²) in [6.07, 6.45) is 2.21. The van der Waals surface area contributed by atoms with Gasteiger partial charge in [-0.3, -0.25) is 0 Å². The monoisotopic (exact) mass is 774 g/mol. The lowest BCUT2D eigenvalue weighted by atomic mass is 9.61. The highest BCUT2D eigenvalue weighted by Gasteiger charge is 2.51. The van der Waals surface area contributed by atoms with Gasteiger partial charge in [0, 0.05) is 34.8 Å². The highest BCUT2D eigenvalue weighted by molar-refractivity contribution is 6.21. The molecule has 12 rings (SSSR count). The largest absolute Gasteiger partial charge is 0.341 e. The Bertz CT molecular complexity index is 3160. The third-order valence-corrected chi connectivity index (χ3v) is 14.4. The van der Waals surface area contributed by atoms with Crippen molar-refractivity contribution in [3.05, 3.63) is 196 Å². The van der Waals surface area contributed by atoms with E-state index in [1.807, 2.05) is 0 Å². The Balaban J connectivity index is 1.19. The van der Waals surface area contributed by atoms with E-state index in [4.69, 9.17) is 0 Å². The molecule has 0 radical (unpaired) electrons. The topological polar surface area (TPSA) is 8.17 Å². The fraction of sp³-hybridized carbons (Fsp3) is 0.207. The second-order valence-corrected chi connectivity index (χ2v) is 19.7. The van der Waals surface area contributed by atoms with Gasteiger partial charge in [0.05, 0.1) is 22.1 Å². The summed E-state index contributed by atoms with van der Waals surface area (Å²) in [7, 11) is 2.32. The Morgan fingerprint density at radius 3 is 1.57 bits per heavy atom. The molecule has 2 heteroatoms. The number of fused-ring (bicyclic) bond motifs is 13. The average molecular weight is 775 g/mol. The van der Waals surface area contributed by atoms with Crippen LogP contribution in [-0.4, -0.2) is 4.57 Å². The van der Waals surface area contributed by atoms with E-state index < -0.39 is 5.41 Å². The molecule has 0 bridgehead atoms. The van der Waals surface area contributed by atoms with Gasteiger partial charge in [0.15, 0.2) is 0 Å². The van der Waals surface area contributed by atoms with E-state index in [9.17, 15) is 0 Å². The first-order chi connectivity index (χ1) is 29.0. The third kappa shape index (κ3) is 4.60. The first-order valence-corrected chi connectivity index (χ1v) is 21.8. The normalized spacial score (nSPS) is 14.6. The van der Waals surface area contributed by atoms with Gasteiger partial charge in [-0.1, -0.05) is 163 Å². The van der Waals surface area contributed by atoms with Crippen molar-refractivity contribution in [1.82, 2.24) is 4.57 Å². The van der Waals surface area contributed by atoms with Crippen LogP contribution in [-0.2, 0) is 36.1 Å². The van der Waals surface area contributed by atoms with E-state index in [1.54, 1.807) is 0 Å². The van der Waals surface area contributed by atoms with Crippen molar-refractivity contribution >= 4 is 49.6 Å². The van der Waals surface area contributed by atoms with Gasteiger partial charge in [0.2, 0.25) is 0 Å². The molecule has 8 aromatic carbocycles. The van der Waals surface area contributed by atoms with Crippen LogP contribution in [0, 0.1) is 0 Å². The van der Waals surface area contributed by atoms with E-state index >= 15 is 0 Å². The van der Waals surface area contributed by atoms with Crippen LogP contribution >= 0.6 is 0 Å². The van der Waals surface area contributed by atoms with Crippen molar-refractivity contribution in [2.24, 2.45) is 7.05 Å². The SMILES string of the molecule is Cn1c2c(N(c3ccc(C(C)(C)C)cc3)c3ccc(C(C)(C)C)cc3)cccc2c2ccc3c(c21)-c1ccc2c4c(ccc(c14)C31c3ccccc3-c3ccccc31)CC2. The molecule has 0 atom stereocenters. The lowest BCUT2D eigenvalue weighted by Gasteiger charge is -2.40. The Kier molecular flexibility index (Phi) is 7.17. The van der Waals surface area contributed by atoms with Gasteiger partial charge in [-0.25, -0.2) is 0 Å². The number of anilines is 3. The van der Waals surface area contributed by atoms with Gasteiger partial charge < -0.3 is 9.47 Å². The van der Waals surface area contributed by atoms with Crippen LogP contribution in [0.4, 0.5) is 17.1 Å². The molecule has 3 aliphatic carbocycles. The first kappa shape index (κ1) is 35.6. The molecule has 0 N–H and O–H groups in total. The fourth-order valence-corrected chi connectivity index (χ4v) is 11.6. The number of hydrogen-bond acceptors (Lipinski definition) is 1. The van der Waals surface area contributed by atoms with E-state index in [-0.39, 0.29) is 10.8 Å². The Morgan fingerprint density at radius 2 is 0.983 bits per heavy atom. The molecule has 0 saturated carbocycles. The molecule has 0 fully saturated rings. The van der Waals surface area contributed by atoms with Gasteiger partial charge in [0.25, 0.3) is 0 Å². The van der Waals surface area contributed by atoms with Crippen molar-refractivity contribution in [2.45, 2.75) is 70.6 Å². The van der Waals surface area contributed by atoms with Crippen molar-refractivity contribution in [3.8, 4) is 22.3 Å². The predicted molar refractivity (Wildman–Crippen MR) is 254 cm³/mol. The molecule has 9 aromatic rings. The molecule has 2 nitrogen and oxygen atoms in total. The summed E-state index contributed by atoms with van der Waals surface area (Å²) in [4.78, 5) is 2.48. The quantitative estimate of drug-likeness (QED) is 0.174. The Morgan fingerprint density at radius 1 is 0.450 bits per heavy atom. The van der Waals surface area contributed by atoms with Crippen LogP contribution in [0.15, 0.2) is 152 Å². The maximum absolute atomic E-state index is 2.54. The zero-order valence-electron chi connectivity index (χ0n) is 35.7. The minimum absolute atomic E-state index is 0.0624. The molecular formula is C58H50N2. The number of aryl methyl sites for hydroxylation is 3. The van der Waals surface area contributed by atoms with Crippen molar-refractivity contribution in [1.29, 1.82) is 0 Å². The summed E-state index contributed by atoms with van der Waals surface area (Å²) in [5, 5.41) is 5.49. The zero-order valence-corrected chi connectivity index (χ0v) is 35.7. The second kappa shape index (κ2) is 12.1. The van der Waals surface area contributed by atoms with Gasteiger partial charge in [-0.2, -0.15) is 0 Å². The minimum atomic E-state index is -0.446. The summed E-state index contributed by atoms with van der Waals surface area (Å²) in [6.45, 7) is 13.7. The van der Waals surface area contributed by atoms with E-state index in [1.165, 1.54) is 105 Å². The number of nitrogens with zero attached hydrogens (tertiary/aromatic N) is 2. The van der Waals surface area contributed by atoms with Crippen LogP contribution in [0.2, 0.25) is 0 Å². The average Bonchev–Trinajstić information content (AvgIpc) is 3.91. The lowest BCUT2D eigenvalue weighted by Crippen LogP contribution is -2.32. The summed E-state index contributed by atoms with van der Waals surface area (Å²) < 4.78 is 2.54. The summed E-state index contributed by atoms with van der Waals surface area (Å²) >= 11 is 0. The first-order valence-electron chi connectivity index (χ1n) is 21.8. The maximum Gasteiger partial charge on any atom is 0.0733 e. The van der Waals surface area contributed by atoms with Crippen LogP contribution in [0.1, 0.15) is 86.1 Å². The fourth-order valence-electron chi connectivity index (χ4n) is 11.6. The van der Waals surface area contributed by atoms with Crippen LogP contribution < -0.4 is 4.90 Å². The molecule has 0 amide bonds. The van der Waals surface area contributed by atoms with Gasteiger partial charge in [-0.15, -0.1) is 0 Å². The molecule has 0 unspecified atom stereocenters. The highest BCUT2D eigenvalue weighted by Crippen LogP contribution is 2.64. The van der Waals surface area contributed by atoms with Crippen molar-refractivity contribution < 1.29 is 0 Å². The van der Waals surface area contributed by atoms with E-state index in [0.717, 1.165) is 24.2 Å². The molecule has 0 saturated heterocycles. The van der Waals surface area contributed by atoms with Crippen LogP contribution in [0.25, 0.3) is 54.8 Å². The lowest BCUT2D eigenvalue weighted by molar-refractivity contribution is 0.590. The Hall–Kier alpha value is -6.38. The van der Waals surface area contributed by atoms with Crippen LogP contribution in [0.5, 0.6) is 0 Å². The molecule has 292 valence electrons. The number of benzene rings is 8. The van der Waals surface area contributed by atoms with E-state index in [0.29, 0.717) is 0 Å². The molecule has 0 aliphatic heterocycles.